The first-order chi connectivity index (χ1) is 5.27. The third-order valence-corrected chi connectivity index (χ3v) is 2.43. The highest BCUT2D eigenvalue weighted by atomic mass is 16.6. The largest absolute Gasteiger partial charge is 0.454 e. The van der Waals surface area contributed by atoms with Crippen molar-refractivity contribution in [3.8, 4) is 0 Å². The van der Waals surface area contributed by atoms with Crippen LogP contribution in [0.4, 0.5) is 0 Å². The smallest absolute Gasteiger partial charge is 0.306 e. The van der Waals surface area contributed by atoms with Crippen LogP contribution in [0.25, 0.3) is 0 Å². The van der Waals surface area contributed by atoms with Crippen molar-refractivity contribution in [1.29, 1.82) is 0 Å². The fraction of sp³-hybridized carbons (Fsp3) is 0.750. The number of carbonyl (C=O) groups is 2. The predicted octanol–water partition coefficient (Wildman–Crippen LogP) is 0.671. The third-order valence-electron chi connectivity index (χ3n) is 2.43. The lowest BCUT2D eigenvalue weighted by Gasteiger charge is -2.20. The molecule has 3 nitrogen and oxygen atoms in total. The highest BCUT2D eigenvalue weighted by Crippen LogP contribution is 2.32. The van der Waals surface area contributed by atoms with E-state index in [1.54, 1.807) is 0 Å². The van der Waals surface area contributed by atoms with E-state index in [4.69, 9.17) is 4.74 Å². The number of hydrogen-bond donors (Lipinski definition) is 0. The first-order valence-corrected chi connectivity index (χ1v) is 3.99. The van der Waals surface area contributed by atoms with E-state index >= 15 is 0 Å². The summed E-state index contributed by atoms with van der Waals surface area (Å²) in [7, 11) is 0. The van der Waals surface area contributed by atoms with E-state index in [-0.39, 0.29) is 23.8 Å². The molecule has 1 saturated heterocycles. The van der Waals surface area contributed by atoms with Crippen LogP contribution in [-0.2, 0) is 14.3 Å². The molecule has 1 saturated carbocycles. The molecule has 2 atom stereocenters. The van der Waals surface area contributed by atoms with Crippen LogP contribution in [0.15, 0.2) is 0 Å². The second kappa shape index (κ2) is 2.32. The van der Waals surface area contributed by atoms with E-state index in [9.17, 15) is 9.59 Å². The monoisotopic (exact) mass is 154 g/mol. The molecule has 0 radical (unpaired) electrons. The molecule has 1 heterocycles. The summed E-state index contributed by atoms with van der Waals surface area (Å²) in [6, 6.07) is 0. The van der Waals surface area contributed by atoms with Gasteiger partial charge in [-0.2, -0.15) is 0 Å². The Labute approximate surface area is 64.7 Å². The van der Waals surface area contributed by atoms with Crippen molar-refractivity contribution >= 4 is 11.8 Å². The van der Waals surface area contributed by atoms with Crippen LogP contribution in [0, 0.1) is 5.92 Å². The van der Waals surface area contributed by atoms with E-state index in [1.165, 1.54) is 0 Å². The lowest BCUT2D eigenvalue weighted by molar-refractivity contribution is -0.148. The minimum Gasteiger partial charge on any atom is -0.454 e. The van der Waals surface area contributed by atoms with Gasteiger partial charge >= 0.3 is 5.97 Å². The van der Waals surface area contributed by atoms with Gasteiger partial charge in [-0.1, -0.05) is 0 Å². The van der Waals surface area contributed by atoms with Crippen molar-refractivity contribution in [2.24, 2.45) is 5.92 Å². The molecular formula is C8H10O3. The second-order valence-electron chi connectivity index (χ2n) is 3.23. The number of hydrogen-bond acceptors (Lipinski definition) is 3. The molecule has 1 aliphatic heterocycles. The van der Waals surface area contributed by atoms with Crippen LogP contribution in [0.3, 0.4) is 0 Å². The summed E-state index contributed by atoms with van der Waals surface area (Å²) in [6.07, 6.45) is 2.57. The van der Waals surface area contributed by atoms with Gasteiger partial charge in [0.05, 0.1) is 6.42 Å². The van der Waals surface area contributed by atoms with E-state index in [0.29, 0.717) is 12.8 Å². The summed E-state index contributed by atoms with van der Waals surface area (Å²) in [5, 5.41) is 0. The first-order valence-electron chi connectivity index (χ1n) is 3.99. The Hall–Kier alpha value is -0.860. The van der Waals surface area contributed by atoms with Crippen molar-refractivity contribution in [2.45, 2.75) is 31.8 Å². The van der Waals surface area contributed by atoms with Gasteiger partial charge in [-0.05, 0) is 12.8 Å². The zero-order valence-electron chi connectivity index (χ0n) is 6.21. The molecule has 2 fully saturated rings. The lowest BCUT2D eigenvalue weighted by Crippen LogP contribution is -2.30. The number of ketones is 1. The average molecular weight is 154 g/mol. The number of rotatable bonds is 0. The quantitative estimate of drug-likeness (QED) is 0.482. The zero-order chi connectivity index (χ0) is 7.84. The van der Waals surface area contributed by atoms with Crippen molar-refractivity contribution in [2.75, 3.05) is 0 Å². The Bertz CT molecular complexity index is 209. The maximum Gasteiger partial charge on any atom is 0.306 e. The van der Waals surface area contributed by atoms with Crippen molar-refractivity contribution in [1.82, 2.24) is 0 Å². The fourth-order valence-corrected chi connectivity index (χ4v) is 1.87. The number of esters is 1. The van der Waals surface area contributed by atoms with Crippen LogP contribution in [0.5, 0.6) is 0 Å². The van der Waals surface area contributed by atoms with E-state index in [0.717, 1.165) is 12.8 Å². The van der Waals surface area contributed by atoms with Crippen LogP contribution >= 0.6 is 0 Å². The van der Waals surface area contributed by atoms with Gasteiger partial charge in [-0.15, -0.1) is 0 Å². The number of carbonyl (C=O) groups excluding carboxylic acids is 2. The molecule has 0 spiro atoms. The minimum absolute atomic E-state index is 0.118. The summed E-state index contributed by atoms with van der Waals surface area (Å²) >= 11 is 0. The van der Waals surface area contributed by atoms with Crippen molar-refractivity contribution in [3.63, 3.8) is 0 Å². The maximum atomic E-state index is 11.1. The van der Waals surface area contributed by atoms with E-state index in [1.807, 2.05) is 0 Å². The molecule has 0 bridgehead atoms. The molecule has 0 amide bonds. The number of Topliss-reactive ketones (excluding diaryl/α,β-unsaturated/α-hetero) is 1. The minimum atomic E-state index is -0.378. The molecule has 1 aliphatic carbocycles. The molecule has 2 unspecified atom stereocenters. The fourth-order valence-electron chi connectivity index (χ4n) is 1.87. The van der Waals surface area contributed by atoms with Crippen molar-refractivity contribution < 1.29 is 14.3 Å². The van der Waals surface area contributed by atoms with Gasteiger partial charge in [0.25, 0.3) is 0 Å². The van der Waals surface area contributed by atoms with Gasteiger partial charge < -0.3 is 4.74 Å². The van der Waals surface area contributed by atoms with Gasteiger partial charge in [-0.3, -0.25) is 9.59 Å². The topological polar surface area (TPSA) is 43.4 Å². The normalized spacial score (nSPS) is 36.7. The Morgan fingerprint density at radius 1 is 1.36 bits per heavy atom. The Morgan fingerprint density at radius 3 is 2.91 bits per heavy atom. The Morgan fingerprint density at radius 2 is 2.18 bits per heavy atom. The number of ether oxygens (including phenoxy) is 1. The molecule has 0 N–H and O–H groups in total. The summed E-state index contributed by atoms with van der Waals surface area (Å²) in [4.78, 5) is 21.9. The van der Waals surface area contributed by atoms with Crippen LogP contribution in [0.1, 0.15) is 25.7 Å². The van der Waals surface area contributed by atoms with Crippen molar-refractivity contribution in [3.05, 3.63) is 0 Å². The third kappa shape index (κ3) is 1.04. The lowest BCUT2D eigenvalue weighted by atomic mass is 9.85. The van der Waals surface area contributed by atoms with Gasteiger partial charge in [0.2, 0.25) is 0 Å². The number of fused-ring (bicyclic) bond motifs is 1. The molecular weight excluding hydrogens is 144 g/mol. The standard InChI is InChI=1S/C8H10O3/c9-6-3-1-2-5-4-7(10)11-8(5)6/h5,8H,1-4H2. The predicted molar refractivity (Wildman–Crippen MR) is 36.8 cm³/mol. The summed E-state index contributed by atoms with van der Waals surface area (Å²) in [6.45, 7) is 0. The highest BCUT2D eigenvalue weighted by molar-refractivity contribution is 5.89. The molecule has 0 aromatic heterocycles. The van der Waals surface area contributed by atoms with E-state index in [2.05, 4.69) is 0 Å². The first kappa shape index (κ1) is 6.83. The van der Waals surface area contributed by atoms with Gasteiger partial charge in [0, 0.05) is 12.3 Å². The summed E-state index contributed by atoms with van der Waals surface area (Å²) in [5.41, 5.74) is 0. The van der Waals surface area contributed by atoms with Gasteiger partial charge in [-0.25, -0.2) is 0 Å². The van der Waals surface area contributed by atoms with Crippen LogP contribution < -0.4 is 0 Å². The molecule has 0 aromatic rings. The van der Waals surface area contributed by atoms with Crippen LogP contribution in [0.2, 0.25) is 0 Å². The molecule has 2 aliphatic rings. The molecule has 11 heavy (non-hydrogen) atoms. The van der Waals surface area contributed by atoms with Gasteiger partial charge in [0.1, 0.15) is 0 Å². The molecule has 0 aromatic carbocycles. The summed E-state index contributed by atoms with van der Waals surface area (Å²) < 4.78 is 4.89. The molecule has 60 valence electrons. The summed E-state index contributed by atoms with van der Waals surface area (Å²) in [5.74, 6) is 0.117. The Balaban J connectivity index is 2.15. The Kier molecular flexibility index (Phi) is 1.44. The SMILES string of the molecule is O=C1CC2CCCC(=O)C2O1. The average Bonchev–Trinajstić information content (AvgIpc) is 2.31. The molecule has 2 rings (SSSR count). The van der Waals surface area contributed by atoms with E-state index < -0.39 is 0 Å². The second-order valence-corrected chi connectivity index (χ2v) is 3.23. The highest BCUT2D eigenvalue weighted by Gasteiger charge is 2.41. The zero-order valence-corrected chi connectivity index (χ0v) is 6.21. The van der Waals surface area contributed by atoms with Crippen LogP contribution in [-0.4, -0.2) is 17.9 Å². The molecule has 3 heteroatoms. The maximum absolute atomic E-state index is 11.1. The van der Waals surface area contributed by atoms with Gasteiger partial charge in [0.15, 0.2) is 11.9 Å².